The third-order valence-corrected chi connectivity index (χ3v) is 15.1. The number of carbonyl (C=O) groups is 3. The summed E-state index contributed by atoms with van der Waals surface area (Å²) in [5, 5.41) is 0.563. The van der Waals surface area contributed by atoms with Crippen molar-refractivity contribution in [1.29, 1.82) is 0 Å². The fourth-order valence-corrected chi connectivity index (χ4v) is 9.66. The second-order valence-electron chi connectivity index (χ2n) is 7.36. The molecule has 8 heteroatoms. The average Bonchev–Trinajstić information content (AvgIpc) is 3.16. The molecule has 0 unspecified atom stereocenters. The molecule has 1 saturated heterocycles. The third-order valence-electron chi connectivity index (χ3n) is 5.12. The van der Waals surface area contributed by atoms with Gasteiger partial charge in [0.1, 0.15) is 0 Å². The Balaban J connectivity index is 1.37. The molecule has 0 spiro atoms. The van der Waals surface area contributed by atoms with Gasteiger partial charge in [-0.15, -0.1) is 0 Å². The van der Waals surface area contributed by atoms with Crippen LogP contribution in [0, 0.1) is 7.14 Å². The molecular weight excluding hydrogens is 648 g/mol. The van der Waals surface area contributed by atoms with Crippen LogP contribution < -0.4 is 4.74 Å². The number of hydroxylamine groups is 2. The van der Waals surface area contributed by atoms with E-state index in [1.807, 2.05) is 24.3 Å². The van der Waals surface area contributed by atoms with Gasteiger partial charge in [0.25, 0.3) is 11.8 Å². The zero-order chi connectivity index (χ0) is 23.4. The molecular formula is C25H21I2NO5. The van der Waals surface area contributed by atoms with Crippen molar-refractivity contribution in [2.45, 2.75) is 19.3 Å². The van der Waals surface area contributed by atoms with E-state index in [2.05, 4.69) is 55.0 Å². The molecule has 0 saturated carbocycles. The Hall–Kier alpha value is -2.47. The maximum atomic E-state index is 12.2. The predicted molar refractivity (Wildman–Crippen MR) is 141 cm³/mol. The number of rotatable bonds is 7. The van der Waals surface area contributed by atoms with Crippen molar-refractivity contribution in [3.05, 3.63) is 96.6 Å². The number of nitrogens with zero attached hydrogens (tertiary/aromatic N) is 1. The minimum absolute atomic E-state index is 0.0745. The first-order chi connectivity index (χ1) is 15.9. The molecule has 1 aliphatic rings. The molecule has 1 heterocycles. The molecule has 0 bridgehead atoms. The molecule has 1 fully saturated rings. The zero-order valence-corrected chi connectivity index (χ0v) is 22.1. The van der Waals surface area contributed by atoms with Crippen LogP contribution in [0.5, 0.6) is 5.75 Å². The molecule has 170 valence electrons. The van der Waals surface area contributed by atoms with Gasteiger partial charge < -0.3 is 0 Å². The molecule has 0 radical (unpaired) electrons. The van der Waals surface area contributed by atoms with E-state index in [9.17, 15) is 14.4 Å². The number of benzene rings is 3. The maximum absolute atomic E-state index is 12.2. The molecule has 2 amide bonds. The van der Waals surface area contributed by atoms with E-state index in [1.165, 1.54) is 12.7 Å². The normalized spacial score (nSPS) is 13.8. The number of ether oxygens (including phenoxy) is 1. The van der Waals surface area contributed by atoms with Crippen LogP contribution >= 0.6 is 34.5 Å². The standard InChI is InChI=1S/C25H21I2NO5/c1-32-22-12-10-21(11-13-22)27(26)20-8-4-18(5-9-20)16-17-2-6-19(7-3-17)25(31)33-28-23(29)14-15-24(28)30/h2-13H,14-16H2,1H3. The molecule has 0 aromatic heterocycles. The van der Waals surface area contributed by atoms with Gasteiger partial charge >= 0.3 is 176 Å². The van der Waals surface area contributed by atoms with Gasteiger partial charge in [-0.1, -0.05) is 0 Å². The monoisotopic (exact) mass is 669 g/mol. The Kier molecular flexibility index (Phi) is 7.63. The number of carbonyl (C=O) groups excluding carboxylic acids is 3. The van der Waals surface area contributed by atoms with Crippen LogP contribution in [0.3, 0.4) is 0 Å². The van der Waals surface area contributed by atoms with E-state index in [4.69, 9.17) is 9.57 Å². The number of methoxy groups -OCH3 is 1. The molecule has 0 atom stereocenters. The second-order valence-corrected chi connectivity index (χ2v) is 16.7. The molecule has 3 aromatic rings. The van der Waals surface area contributed by atoms with Crippen LogP contribution in [0.25, 0.3) is 0 Å². The van der Waals surface area contributed by atoms with Crippen molar-refractivity contribution in [2.75, 3.05) is 7.11 Å². The van der Waals surface area contributed by atoms with Gasteiger partial charge in [-0.25, -0.2) is 0 Å². The summed E-state index contributed by atoms with van der Waals surface area (Å²) in [7, 11) is 1.67. The summed E-state index contributed by atoms with van der Waals surface area (Å²) in [6, 6.07) is 24.0. The van der Waals surface area contributed by atoms with Crippen LogP contribution in [0.2, 0.25) is 0 Å². The van der Waals surface area contributed by atoms with Gasteiger partial charge in [0, 0.05) is 12.8 Å². The predicted octanol–water partition coefficient (Wildman–Crippen LogP) is 5.40. The van der Waals surface area contributed by atoms with Crippen molar-refractivity contribution in [3.8, 4) is 5.75 Å². The summed E-state index contributed by atoms with van der Waals surface area (Å²) < 4.78 is 7.99. The quantitative estimate of drug-likeness (QED) is 0.249. The topological polar surface area (TPSA) is 72.9 Å². The van der Waals surface area contributed by atoms with Crippen LogP contribution in [-0.4, -0.2) is 30.0 Å². The fourth-order valence-electron chi connectivity index (χ4n) is 3.31. The van der Waals surface area contributed by atoms with Gasteiger partial charge in [-0.05, 0) is 0 Å². The minimum atomic E-state index is -1.48. The van der Waals surface area contributed by atoms with Gasteiger partial charge in [0.2, 0.25) is 0 Å². The Labute approximate surface area is 208 Å². The summed E-state index contributed by atoms with van der Waals surface area (Å²) in [5.41, 5.74) is 2.52. The number of imide groups is 1. The van der Waals surface area contributed by atoms with E-state index in [0.29, 0.717) is 10.6 Å². The summed E-state index contributed by atoms with van der Waals surface area (Å²) in [5.74, 6) is -0.825. The number of hydrogen-bond donors (Lipinski definition) is 0. The fraction of sp³-hybridized carbons (Fsp3) is 0.160. The van der Waals surface area contributed by atoms with Gasteiger partial charge in [-0.2, -0.15) is 0 Å². The van der Waals surface area contributed by atoms with Crippen LogP contribution in [-0.2, 0) is 20.8 Å². The van der Waals surface area contributed by atoms with Crippen molar-refractivity contribution < 1.29 is 24.0 Å². The van der Waals surface area contributed by atoms with E-state index < -0.39 is 33.6 Å². The van der Waals surface area contributed by atoms with Gasteiger partial charge in [0.05, 0.1) is 0 Å². The van der Waals surface area contributed by atoms with Crippen LogP contribution in [0.4, 0.5) is 0 Å². The van der Waals surface area contributed by atoms with E-state index >= 15 is 0 Å². The first-order valence-corrected chi connectivity index (χ1v) is 18.7. The number of halogens is 2. The molecule has 0 N–H and O–H groups in total. The van der Waals surface area contributed by atoms with E-state index in [-0.39, 0.29) is 12.8 Å². The zero-order valence-electron chi connectivity index (χ0n) is 17.8. The van der Waals surface area contributed by atoms with Crippen molar-refractivity contribution >= 4 is 52.2 Å². The van der Waals surface area contributed by atoms with Crippen molar-refractivity contribution in [3.63, 3.8) is 0 Å². The average molecular weight is 669 g/mol. The molecule has 1 aliphatic heterocycles. The molecule has 0 aliphatic carbocycles. The summed E-state index contributed by atoms with van der Waals surface area (Å²) in [6.07, 6.45) is 0.882. The Morgan fingerprint density at radius 2 is 1.33 bits per heavy atom. The molecule has 33 heavy (non-hydrogen) atoms. The Morgan fingerprint density at radius 1 is 0.848 bits per heavy atom. The first-order valence-electron chi connectivity index (χ1n) is 10.2. The summed E-state index contributed by atoms with van der Waals surface area (Å²) in [6.45, 7) is 0. The van der Waals surface area contributed by atoms with Crippen molar-refractivity contribution in [1.82, 2.24) is 5.06 Å². The first kappa shape index (κ1) is 23.7. The molecule has 3 aromatic carbocycles. The Bertz CT molecular complexity index is 1140. The van der Waals surface area contributed by atoms with Gasteiger partial charge in [0.15, 0.2) is 0 Å². The van der Waals surface area contributed by atoms with Crippen LogP contribution in [0.15, 0.2) is 72.8 Å². The number of hydrogen-bond acceptors (Lipinski definition) is 5. The van der Waals surface area contributed by atoms with Gasteiger partial charge in [-0.3, -0.25) is 9.59 Å². The second kappa shape index (κ2) is 10.6. The number of amides is 2. The van der Waals surface area contributed by atoms with Crippen LogP contribution in [0.1, 0.15) is 34.3 Å². The van der Waals surface area contributed by atoms with E-state index in [1.54, 1.807) is 19.2 Å². The van der Waals surface area contributed by atoms with Crippen molar-refractivity contribution in [2.24, 2.45) is 0 Å². The molecule has 4 rings (SSSR count). The Morgan fingerprint density at radius 3 is 1.85 bits per heavy atom. The summed E-state index contributed by atoms with van der Waals surface area (Å²) >= 11 is 1.11. The third kappa shape index (κ3) is 5.72. The molecule has 6 nitrogen and oxygen atoms in total. The SMILES string of the molecule is COc1ccc(I(I)c2ccc(Cc3ccc(C(=O)ON4C(=O)CCC4=O)cc3)cc2)cc1. The summed E-state index contributed by atoms with van der Waals surface area (Å²) in [4.78, 5) is 40.4. The van der Waals surface area contributed by atoms with E-state index in [0.717, 1.165) is 17.7 Å².